The molecule has 0 atom stereocenters. The van der Waals surface area contributed by atoms with E-state index >= 15 is 0 Å². The Morgan fingerprint density at radius 2 is 2.05 bits per heavy atom. The Bertz CT molecular complexity index is 769. The summed E-state index contributed by atoms with van der Waals surface area (Å²) in [6.07, 6.45) is 3.39. The number of aryl methyl sites for hydroxylation is 1. The second-order valence-electron chi connectivity index (χ2n) is 4.39. The molecule has 3 aromatic rings. The number of rotatable bonds is 2. The van der Waals surface area contributed by atoms with Gasteiger partial charge in [0.25, 0.3) is 5.89 Å². The van der Waals surface area contributed by atoms with Crippen molar-refractivity contribution in [2.45, 2.75) is 6.92 Å². The Morgan fingerprint density at radius 1 is 1.20 bits per heavy atom. The van der Waals surface area contributed by atoms with E-state index in [2.05, 4.69) is 31.1 Å². The highest BCUT2D eigenvalue weighted by atomic mass is 79.9. The maximum Gasteiger partial charge on any atom is 0.258 e. The predicted octanol–water partition coefficient (Wildman–Crippen LogP) is 3.45. The van der Waals surface area contributed by atoms with Crippen LogP contribution in [0.2, 0.25) is 0 Å². The summed E-state index contributed by atoms with van der Waals surface area (Å²) in [6.45, 7) is 1.95. The molecule has 0 aliphatic heterocycles. The molecule has 2 aromatic heterocycles. The zero-order chi connectivity index (χ0) is 14.1. The smallest absolute Gasteiger partial charge is 0.258 e. The van der Waals surface area contributed by atoms with Crippen molar-refractivity contribution < 1.29 is 4.52 Å². The van der Waals surface area contributed by atoms with E-state index in [0.29, 0.717) is 17.4 Å². The summed E-state index contributed by atoms with van der Waals surface area (Å²) in [4.78, 5) is 8.49. The van der Waals surface area contributed by atoms with E-state index in [1.165, 1.54) is 0 Å². The summed E-state index contributed by atoms with van der Waals surface area (Å²) in [5.41, 5.74) is 9.11. The summed E-state index contributed by atoms with van der Waals surface area (Å²) >= 11 is 3.37. The molecular weight excluding hydrogens is 320 g/mol. The van der Waals surface area contributed by atoms with Crippen molar-refractivity contribution in [1.82, 2.24) is 15.1 Å². The third-order valence-corrected chi connectivity index (χ3v) is 3.30. The predicted molar refractivity (Wildman–Crippen MR) is 79.8 cm³/mol. The molecule has 0 unspecified atom stereocenters. The van der Waals surface area contributed by atoms with Crippen LogP contribution in [0.5, 0.6) is 0 Å². The van der Waals surface area contributed by atoms with Crippen LogP contribution in [-0.2, 0) is 0 Å². The molecule has 0 aliphatic carbocycles. The lowest BCUT2D eigenvalue weighted by Crippen LogP contribution is -1.89. The van der Waals surface area contributed by atoms with Gasteiger partial charge >= 0.3 is 0 Å². The van der Waals surface area contributed by atoms with Crippen molar-refractivity contribution in [3.05, 3.63) is 46.7 Å². The van der Waals surface area contributed by atoms with Gasteiger partial charge in [-0.1, -0.05) is 5.16 Å². The van der Waals surface area contributed by atoms with Crippen molar-refractivity contribution in [2.24, 2.45) is 0 Å². The Morgan fingerprint density at radius 3 is 2.80 bits per heavy atom. The number of hydrogen-bond acceptors (Lipinski definition) is 5. The van der Waals surface area contributed by atoms with Crippen LogP contribution < -0.4 is 5.73 Å². The normalized spacial score (nSPS) is 10.7. The molecule has 0 aliphatic rings. The molecule has 0 fully saturated rings. The van der Waals surface area contributed by atoms with Crippen LogP contribution in [-0.4, -0.2) is 15.1 Å². The molecule has 6 heteroatoms. The highest BCUT2D eigenvalue weighted by Gasteiger charge is 2.13. The highest BCUT2D eigenvalue weighted by Crippen LogP contribution is 2.26. The van der Waals surface area contributed by atoms with Crippen molar-refractivity contribution in [2.75, 3.05) is 5.73 Å². The van der Waals surface area contributed by atoms with Crippen LogP contribution in [0.1, 0.15) is 5.56 Å². The number of hydrogen-bond donors (Lipinski definition) is 1. The lowest BCUT2D eigenvalue weighted by molar-refractivity contribution is 0.432. The molecule has 100 valence electrons. The van der Waals surface area contributed by atoms with Crippen molar-refractivity contribution >= 4 is 21.6 Å². The lowest BCUT2D eigenvalue weighted by Gasteiger charge is -2.01. The van der Waals surface area contributed by atoms with Crippen LogP contribution in [0, 0.1) is 6.92 Å². The SMILES string of the molecule is Cc1cc(N)ccc1-c1nc(-c2cncc(Br)c2)no1. The van der Waals surface area contributed by atoms with Gasteiger partial charge in [0.15, 0.2) is 0 Å². The molecule has 3 rings (SSSR count). The van der Waals surface area contributed by atoms with Crippen LogP contribution in [0.25, 0.3) is 22.8 Å². The maximum absolute atomic E-state index is 5.74. The molecule has 5 nitrogen and oxygen atoms in total. The fraction of sp³-hybridized carbons (Fsp3) is 0.0714. The first-order valence-electron chi connectivity index (χ1n) is 5.94. The number of pyridine rings is 1. The second-order valence-corrected chi connectivity index (χ2v) is 5.31. The first-order valence-corrected chi connectivity index (χ1v) is 6.74. The molecule has 20 heavy (non-hydrogen) atoms. The fourth-order valence-electron chi connectivity index (χ4n) is 1.91. The molecule has 0 saturated heterocycles. The van der Waals surface area contributed by atoms with Crippen molar-refractivity contribution in [3.63, 3.8) is 0 Å². The average molecular weight is 331 g/mol. The van der Waals surface area contributed by atoms with Gasteiger partial charge in [0.1, 0.15) is 0 Å². The van der Waals surface area contributed by atoms with Gasteiger partial charge in [-0.05, 0) is 52.7 Å². The Kier molecular flexibility index (Phi) is 3.23. The summed E-state index contributed by atoms with van der Waals surface area (Å²) in [5.74, 6) is 0.975. The first kappa shape index (κ1) is 12.8. The zero-order valence-electron chi connectivity index (χ0n) is 10.7. The summed E-state index contributed by atoms with van der Waals surface area (Å²) < 4.78 is 6.19. The van der Waals surface area contributed by atoms with Crippen LogP contribution >= 0.6 is 15.9 Å². The quantitative estimate of drug-likeness (QED) is 0.728. The lowest BCUT2D eigenvalue weighted by atomic mass is 10.1. The Balaban J connectivity index is 2.02. The number of nitrogens with two attached hydrogens (primary N) is 1. The summed E-state index contributed by atoms with van der Waals surface area (Å²) in [7, 11) is 0. The zero-order valence-corrected chi connectivity index (χ0v) is 12.3. The Hall–Kier alpha value is -2.21. The second kappa shape index (κ2) is 5.05. The topological polar surface area (TPSA) is 77.8 Å². The number of halogens is 1. The minimum Gasteiger partial charge on any atom is -0.399 e. The van der Waals surface area contributed by atoms with Gasteiger partial charge in [-0.2, -0.15) is 4.98 Å². The van der Waals surface area contributed by atoms with Gasteiger partial charge in [-0.3, -0.25) is 4.98 Å². The van der Waals surface area contributed by atoms with Crippen LogP contribution in [0.15, 0.2) is 45.7 Å². The van der Waals surface area contributed by atoms with E-state index in [9.17, 15) is 0 Å². The number of nitrogens with zero attached hydrogens (tertiary/aromatic N) is 3. The van der Waals surface area contributed by atoms with E-state index in [4.69, 9.17) is 10.3 Å². The summed E-state index contributed by atoms with van der Waals surface area (Å²) in [5, 5.41) is 3.99. The monoisotopic (exact) mass is 330 g/mol. The number of benzene rings is 1. The number of anilines is 1. The third-order valence-electron chi connectivity index (χ3n) is 2.87. The fourth-order valence-corrected chi connectivity index (χ4v) is 2.28. The Labute approximate surface area is 124 Å². The van der Waals surface area contributed by atoms with E-state index in [1.54, 1.807) is 12.4 Å². The summed E-state index contributed by atoms with van der Waals surface area (Å²) in [6, 6.07) is 7.45. The molecule has 2 N–H and O–H groups in total. The molecule has 0 amide bonds. The molecule has 2 heterocycles. The maximum atomic E-state index is 5.74. The van der Waals surface area contributed by atoms with Crippen molar-refractivity contribution in [1.29, 1.82) is 0 Å². The average Bonchev–Trinajstić information content (AvgIpc) is 2.88. The van der Waals surface area contributed by atoms with E-state index < -0.39 is 0 Å². The highest BCUT2D eigenvalue weighted by molar-refractivity contribution is 9.10. The number of nitrogen functional groups attached to an aromatic ring is 1. The molecule has 0 bridgehead atoms. The van der Waals surface area contributed by atoms with Gasteiger partial charge < -0.3 is 10.3 Å². The van der Waals surface area contributed by atoms with Crippen LogP contribution in [0.3, 0.4) is 0 Å². The minimum absolute atomic E-state index is 0.470. The van der Waals surface area contributed by atoms with Gasteiger partial charge in [-0.15, -0.1) is 0 Å². The van der Waals surface area contributed by atoms with E-state index in [0.717, 1.165) is 21.2 Å². The van der Waals surface area contributed by atoms with Crippen molar-refractivity contribution in [3.8, 4) is 22.8 Å². The molecule has 0 saturated carbocycles. The minimum atomic E-state index is 0.470. The number of aromatic nitrogens is 3. The van der Waals surface area contributed by atoms with Gasteiger partial charge in [0.05, 0.1) is 0 Å². The molecule has 1 aromatic carbocycles. The molecule has 0 spiro atoms. The standard InChI is InChI=1S/C14H11BrN4O/c1-8-4-11(16)2-3-12(8)14-18-13(19-20-14)9-5-10(15)7-17-6-9/h2-7H,16H2,1H3. The largest absolute Gasteiger partial charge is 0.399 e. The van der Waals surface area contributed by atoms with Gasteiger partial charge in [-0.25, -0.2) is 0 Å². The van der Waals surface area contributed by atoms with E-state index in [-0.39, 0.29) is 0 Å². The first-order chi connectivity index (χ1) is 9.63. The molecular formula is C14H11BrN4O. The van der Waals surface area contributed by atoms with Gasteiger partial charge in [0, 0.05) is 33.7 Å². The van der Waals surface area contributed by atoms with Crippen LogP contribution in [0.4, 0.5) is 5.69 Å². The van der Waals surface area contributed by atoms with Gasteiger partial charge in [0.2, 0.25) is 5.82 Å². The third kappa shape index (κ3) is 2.42. The molecule has 0 radical (unpaired) electrons. The van der Waals surface area contributed by atoms with E-state index in [1.807, 2.05) is 31.2 Å².